The molecule has 128 valence electrons. The van der Waals surface area contributed by atoms with Crippen molar-refractivity contribution in [3.63, 3.8) is 0 Å². The molecule has 24 heavy (non-hydrogen) atoms. The molecular weight excluding hydrogens is 395 g/mol. The third-order valence-electron chi connectivity index (χ3n) is 3.11. The van der Waals surface area contributed by atoms with Crippen LogP contribution in [0.3, 0.4) is 0 Å². The van der Waals surface area contributed by atoms with Gasteiger partial charge in [0.25, 0.3) is 0 Å². The third kappa shape index (κ3) is 4.40. The number of nitrogens with one attached hydrogen (secondary N) is 1. The van der Waals surface area contributed by atoms with E-state index in [-0.39, 0.29) is 21.5 Å². The maximum Gasteiger partial charge on any atom is 0.243 e. The smallest absolute Gasteiger partial charge is 0.243 e. The highest BCUT2D eigenvalue weighted by Crippen LogP contribution is 2.26. The van der Waals surface area contributed by atoms with Gasteiger partial charge in [-0.25, -0.2) is 8.42 Å². The van der Waals surface area contributed by atoms with Crippen molar-refractivity contribution in [2.24, 2.45) is 0 Å². The van der Waals surface area contributed by atoms with Crippen LogP contribution in [0.1, 0.15) is 0 Å². The predicted molar refractivity (Wildman–Crippen MR) is 96.4 cm³/mol. The minimum atomic E-state index is -3.88. The van der Waals surface area contributed by atoms with Crippen LogP contribution in [0.4, 0.5) is 5.69 Å². The summed E-state index contributed by atoms with van der Waals surface area (Å²) in [6, 6.07) is 10.6. The van der Waals surface area contributed by atoms with E-state index in [9.17, 15) is 13.2 Å². The lowest BCUT2D eigenvalue weighted by atomic mass is 10.3. The highest BCUT2D eigenvalue weighted by Gasteiger charge is 2.24. The van der Waals surface area contributed by atoms with E-state index in [0.717, 1.165) is 4.31 Å². The molecule has 0 saturated heterocycles. The van der Waals surface area contributed by atoms with E-state index >= 15 is 0 Å². The molecule has 2 aromatic carbocycles. The van der Waals surface area contributed by atoms with Crippen molar-refractivity contribution in [1.29, 1.82) is 0 Å². The number of benzene rings is 2. The Kier molecular flexibility index (Phi) is 6.11. The molecule has 2 rings (SSSR count). The van der Waals surface area contributed by atoms with Gasteiger partial charge in [0.15, 0.2) is 0 Å². The Hall–Kier alpha value is -1.31. The van der Waals surface area contributed by atoms with Crippen LogP contribution < -0.4 is 5.32 Å². The number of hydrogen-bond donors (Lipinski definition) is 1. The van der Waals surface area contributed by atoms with Crippen LogP contribution in [0.15, 0.2) is 47.4 Å². The fraction of sp³-hybridized carbons (Fsp3) is 0.133. The number of amides is 1. The molecule has 9 heteroatoms. The molecule has 2 aromatic rings. The van der Waals surface area contributed by atoms with Gasteiger partial charge in [0, 0.05) is 7.05 Å². The van der Waals surface area contributed by atoms with Crippen molar-refractivity contribution in [3.05, 3.63) is 57.5 Å². The Balaban J connectivity index is 2.13. The lowest BCUT2D eigenvalue weighted by Gasteiger charge is -2.17. The van der Waals surface area contributed by atoms with Crippen LogP contribution in [0.25, 0.3) is 0 Å². The lowest BCUT2D eigenvalue weighted by Crippen LogP contribution is -2.35. The number of hydrogen-bond acceptors (Lipinski definition) is 3. The van der Waals surface area contributed by atoms with Crippen LogP contribution in [0, 0.1) is 0 Å². The van der Waals surface area contributed by atoms with Crippen LogP contribution in [0.5, 0.6) is 0 Å². The highest BCUT2D eigenvalue weighted by atomic mass is 35.5. The number of rotatable bonds is 5. The average Bonchev–Trinajstić information content (AvgIpc) is 2.52. The van der Waals surface area contributed by atoms with Crippen molar-refractivity contribution in [3.8, 4) is 0 Å². The van der Waals surface area contributed by atoms with Crippen LogP contribution in [-0.2, 0) is 14.8 Å². The molecular formula is C15H13Cl3N2O3S. The van der Waals surface area contributed by atoms with E-state index in [4.69, 9.17) is 34.8 Å². The molecule has 1 N–H and O–H groups in total. The van der Waals surface area contributed by atoms with Crippen molar-refractivity contribution < 1.29 is 13.2 Å². The largest absolute Gasteiger partial charge is 0.324 e. The molecule has 0 aromatic heterocycles. The van der Waals surface area contributed by atoms with Crippen LogP contribution >= 0.6 is 34.8 Å². The molecule has 0 fully saturated rings. The van der Waals surface area contributed by atoms with Gasteiger partial charge < -0.3 is 5.32 Å². The fourth-order valence-corrected chi connectivity index (χ4v) is 3.56. The quantitative estimate of drug-likeness (QED) is 0.817. The Bertz CT molecular complexity index is 872. The topological polar surface area (TPSA) is 66.5 Å². The summed E-state index contributed by atoms with van der Waals surface area (Å²) in [5, 5.41) is 3.29. The van der Waals surface area contributed by atoms with E-state index in [1.165, 1.54) is 25.2 Å². The number of carbonyl (C=O) groups excluding carboxylic acids is 1. The van der Waals surface area contributed by atoms with Gasteiger partial charge in [-0.2, -0.15) is 4.31 Å². The van der Waals surface area contributed by atoms with Gasteiger partial charge in [0.2, 0.25) is 15.9 Å². The Labute approximate surface area is 155 Å². The lowest BCUT2D eigenvalue weighted by molar-refractivity contribution is -0.116. The Morgan fingerprint density at radius 2 is 1.71 bits per heavy atom. The number of carbonyl (C=O) groups is 1. The molecule has 0 unspecified atom stereocenters. The maximum absolute atomic E-state index is 12.5. The van der Waals surface area contributed by atoms with E-state index in [2.05, 4.69) is 5.32 Å². The first-order valence-electron chi connectivity index (χ1n) is 6.67. The fourth-order valence-electron chi connectivity index (χ4n) is 1.86. The second-order valence-corrected chi connectivity index (χ2v) is 8.13. The summed E-state index contributed by atoms with van der Waals surface area (Å²) in [4.78, 5) is 12.0. The average molecular weight is 408 g/mol. The Morgan fingerprint density at radius 1 is 1.04 bits per heavy atom. The number of para-hydroxylation sites is 1. The number of sulfonamides is 1. The summed E-state index contributed by atoms with van der Waals surface area (Å²) < 4.78 is 25.9. The molecule has 0 heterocycles. The van der Waals surface area contributed by atoms with Crippen molar-refractivity contribution in [2.45, 2.75) is 4.90 Å². The summed E-state index contributed by atoms with van der Waals surface area (Å²) >= 11 is 17.6. The molecule has 0 aliphatic carbocycles. The van der Waals surface area contributed by atoms with E-state index in [1.807, 2.05) is 0 Å². The SMILES string of the molecule is CN(CC(=O)Nc1ccccc1Cl)S(=O)(=O)c1ccc(Cl)c(Cl)c1. The molecule has 0 aliphatic heterocycles. The molecule has 0 aliphatic rings. The molecule has 1 amide bonds. The standard InChI is InChI=1S/C15H13Cl3N2O3S/c1-20(9-15(21)19-14-5-3-2-4-12(14)17)24(22,23)10-6-7-11(16)13(18)8-10/h2-8H,9H2,1H3,(H,19,21). The molecule has 0 radical (unpaired) electrons. The van der Waals surface area contributed by atoms with Crippen LogP contribution in [-0.4, -0.2) is 32.2 Å². The number of likely N-dealkylation sites (N-methyl/N-ethyl adjacent to an activating group) is 1. The summed E-state index contributed by atoms with van der Waals surface area (Å²) in [7, 11) is -2.58. The Morgan fingerprint density at radius 3 is 2.33 bits per heavy atom. The zero-order valence-corrected chi connectivity index (χ0v) is 15.5. The zero-order chi connectivity index (χ0) is 17.9. The van der Waals surface area contributed by atoms with Gasteiger partial charge in [-0.05, 0) is 30.3 Å². The second-order valence-electron chi connectivity index (χ2n) is 4.87. The van der Waals surface area contributed by atoms with Crippen molar-refractivity contribution >= 4 is 56.4 Å². The molecule has 5 nitrogen and oxygen atoms in total. The van der Waals surface area contributed by atoms with Crippen molar-refractivity contribution in [2.75, 3.05) is 18.9 Å². The first-order chi connectivity index (χ1) is 11.2. The van der Waals surface area contributed by atoms with E-state index in [1.54, 1.807) is 24.3 Å². The summed E-state index contributed by atoms with van der Waals surface area (Å²) in [5.74, 6) is -0.519. The summed E-state index contributed by atoms with van der Waals surface area (Å²) in [6.45, 7) is -0.381. The van der Waals surface area contributed by atoms with Gasteiger partial charge >= 0.3 is 0 Å². The monoisotopic (exact) mass is 406 g/mol. The van der Waals surface area contributed by atoms with E-state index < -0.39 is 15.9 Å². The number of anilines is 1. The van der Waals surface area contributed by atoms with Crippen LogP contribution in [0.2, 0.25) is 15.1 Å². The minimum absolute atomic E-state index is 0.0510. The highest BCUT2D eigenvalue weighted by molar-refractivity contribution is 7.89. The molecule has 0 saturated carbocycles. The normalized spacial score (nSPS) is 11.5. The van der Waals surface area contributed by atoms with Crippen molar-refractivity contribution in [1.82, 2.24) is 4.31 Å². The third-order valence-corrected chi connectivity index (χ3v) is 5.98. The number of halogens is 3. The van der Waals surface area contributed by atoms with E-state index in [0.29, 0.717) is 10.7 Å². The second kappa shape index (κ2) is 7.72. The summed E-state index contributed by atoms with van der Waals surface area (Å²) in [6.07, 6.45) is 0. The molecule has 0 spiro atoms. The molecule has 0 atom stereocenters. The van der Waals surface area contributed by atoms with Gasteiger partial charge in [-0.15, -0.1) is 0 Å². The van der Waals surface area contributed by atoms with Gasteiger partial charge in [0.05, 0.1) is 32.2 Å². The maximum atomic E-state index is 12.5. The molecule has 0 bridgehead atoms. The van der Waals surface area contributed by atoms with Gasteiger partial charge in [-0.1, -0.05) is 46.9 Å². The van der Waals surface area contributed by atoms with Gasteiger partial charge in [-0.3, -0.25) is 4.79 Å². The first-order valence-corrected chi connectivity index (χ1v) is 9.25. The minimum Gasteiger partial charge on any atom is -0.324 e. The zero-order valence-electron chi connectivity index (χ0n) is 12.5. The first kappa shape index (κ1) is 19.0. The number of nitrogens with zero attached hydrogens (tertiary/aromatic N) is 1. The predicted octanol–water partition coefficient (Wildman–Crippen LogP) is 3.91. The van der Waals surface area contributed by atoms with Gasteiger partial charge in [0.1, 0.15) is 0 Å². The summed E-state index contributed by atoms with van der Waals surface area (Å²) in [5.41, 5.74) is 0.407.